The van der Waals surface area contributed by atoms with Gasteiger partial charge in [-0.25, -0.2) is 8.42 Å². The van der Waals surface area contributed by atoms with Crippen LogP contribution < -0.4 is 9.62 Å². The van der Waals surface area contributed by atoms with Gasteiger partial charge in [0.15, 0.2) is 0 Å². The van der Waals surface area contributed by atoms with Crippen LogP contribution in [0.15, 0.2) is 36.4 Å². The molecule has 0 aromatic heterocycles. The highest BCUT2D eigenvalue weighted by molar-refractivity contribution is 7.92. The molecule has 35 heavy (non-hydrogen) atoms. The Balaban J connectivity index is 2.49. The SMILES string of the molecule is CCCNC(=O)[C@@H](CC)N(Cc1ccc(Cl)c(Cl)c1)C(=O)CN(c1cc(C)ccc1C)S(C)(=O)=O. The molecule has 0 saturated heterocycles. The summed E-state index contributed by atoms with van der Waals surface area (Å²) in [4.78, 5) is 28.1. The predicted octanol–water partition coefficient (Wildman–Crippen LogP) is 4.71. The van der Waals surface area contributed by atoms with Crippen molar-refractivity contribution >= 4 is 50.7 Å². The number of carbonyl (C=O) groups excluding carboxylic acids is 2. The number of aryl methyl sites for hydroxylation is 2. The highest BCUT2D eigenvalue weighted by Crippen LogP contribution is 2.26. The smallest absolute Gasteiger partial charge is 0.244 e. The number of hydrogen-bond donors (Lipinski definition) is 1. The number of benzene rings is 2. The third-order valence-corrected chi connectivity index (χ3v) is 7.45. The molecule has 2 amide bonds. The van der Waals surface area contributed by atoms with Crippen LogP contribution in [0.2, 0.25) is 10.0 Å². The first-order chi connectivity index (χ1) is 16.4. The Labute approximate surface area is 218 Å². The van der Waals surface area contributed by atoms with Gasteiger partial charge in [0.25, 0.3) is 0 Å². The van der Waals surface area contributed by atoms with Crippen LogP contribution in [0, 0.1) is 13.8 Å². The maximum atomic E-state index is 13.7. The first-order valence-corrected chi connectivity index (χ1v) is 14.1. The van der Waals surface area contributed by atoms with Gasteiger partial charge in [-0.1, -0.05) is 55.2 Å². The molecule has 0 aliphatic rings. The second kappa shape index (κ2) is 12.6. The third kappa shape index (κ3) is 7.85. The molecule has 7 nitrogen and oxygen atoms in total. The molecule has 0 heterocycles. The summed E-state index contributed by atoms with van der Waals surface area (Å²) < 4.78 is 26.6. The molecule has 1 N–H and O–H groups in total. The topological polar surface area (TPSA) is 86.8 Å². The van der Waals surface area contributed by atoms with Gasteiger partial charge in [-0.05, 0) is 61.6 Å². The monoisotopic (exact) mass is 541 g/mol. The van der Waals surface area contributed by atoms with E-state index in [1.54, 1.807) is 31.2 Å². The quantitative estimate of drug-likeness (QED) is 0.446. The van der Waals surface area contributed by atoms with Crippen LogP contribution in [0.25, 0.3) is 0 Å². The Bertz CT molecular complexity index is 1170. The molecule has 0 bridgehead atoms. The average Bonchev–Trinajstić information content (AvgIpc) is 2.79. The second-order valence-electron chi connectivity index (χ2n) is 8.54. The zero-order chi connectivity index (χ0) is 26.3. The molecule has 0 saturated carbocycles. The molecule has 0 unspecified atom stereocenters. The van der Waals surface area contributed by atoms with E-state index in [0.29, 0.717) is 34.3 Å². The number of carbonyl (C=O) groups is 2. The molecule has 192 valence electrons. The van der Waals surface area contributed by atoms with E-state index in [1.807, 2.05) is 32.9 Å². The van der Waals surface area contributed by atoms with Crippen LogP contribution >= 0.6 is 23.2 Å². The van der Waals surface area contributed by atoms with Crippen molar-refractivity contribution in [1.82, 2.24) is 10.2 Å². The van der Waals surface area contributed by atoms with Crippen LogP contribution in [-0.2, 0) is 26.2 Å². The first-order valence-electron chi connectivity index (χ1n) is 11.4. The summed E-state index contributed by atoms with van der Waals surface area (Å²) >= 11 is 12.2. The molecular weight excluding hydrogens is 509 g/mol. The minimum absolute atomic E-state index is 0.0676. The summed E-state index contributed by atoms with van der Waals surface area (Å²) in [6, 6.07) is 9.63. The van der Waals surface area contributed by atoms with Gasteiger partial charge in [-0.2, -0.15) is 0 Å². The Morgan fingerprint density at radius 1 is 1.03 bits per heavy atom. The minimum atomic E-state index is -3.79. The van der Waals surface area contributed by atoms with Crippen LogP contribution in [0.4, 0.5) is 5.69 Å². The standard InChI is InChI=1S/C25H33Cl2N3O4S/c1-6-12-28-25(32)22(7-2)29(15-19-10-11-20(26)21(27)14-19)24(31)16-30(35(5,33)34)23-13-17(3)8-9-18(23)4/h8-11,13-14,22H,6-7,12,15-16H2,1-5H3,(H,28,32)/t22-/m1/s1. The van der Waals surface area contributed by atoms with E-state index >= 15 is 0 Å². The van der Waals surface area contributed by atoms with Gasteiger partial charge in [0.05, 0.1) is 22.0 Å². The summed E-state index contributed by atoms with van der Waals surface area (Å²) in [6.07, 6.45) is 2.17. The van der Waals surface area contributed by atoms with Gasteiger partial charge in [-0.15, -0.1) is 0 Å². The van der Waals surface area contributed by atoms with Gasteiger partial charge < -0.3 is 10.2 Å². The molecule has 0 radical (unpaired) electrons. The maximum Gasteiger partial charge on any atom is 0.244 e. The van der Waals surface area contributed by atoms with Crippen molar-refractivity contribution in [3.05, 3.63) is 63.1 Å². The highest BCUT2D eigenvalue weighted by atomic mass is 35.5. The molecule has 2 aromatic rings. The number of amides is 2. The minimum Gasteiger partial charge on any atom is -0.354 e. The first kappa shape index (κ1) is 28.9. The number of nitrogens with zero attached hydrogens (tertiary/aromatic N) is 2. The second-order valence-corrected chi connectivity index (χ2v) is 11.3. The van der Waals surface area contributed by atoms with E-state index in [9.17, 15) is 18.0 Å². The number of nitrogens with one attached hydrogen (secondary N) is 1. The molecule has 10 heteroatoms. The molecular formula is C25H33Cl2N3O4S. The Hall–Kier alpha value is -2.29. The van der Waals surface area contributed by atoms with E-state index < -0.39 is 28.5 Å². The summed E-state index contributed by atoms with van der Waals surface area (Å²) in [5.41, 5.74) is 2.69. The molecule has 0 aliphatic heterocycles. The molecule has 1 atom stereocenters. The number of rotatable bonds is 11. The Kier molecular flexibility index (Phi) is 10.4. The van der Waals surface area contributed by atoms with Crippen LogP contribution in [0.5, 0.6) is 0 Å². The molecule has 2 aromatic carbocycles. The zero-order valence-electron chi connectivity index (χ0n) is 20.8. The lowest BCUT2D eigenvalue weighted by atomic mass is 10.1. The largest absolute Gasteiger partial charge is 0.354 e. The average molecular weight is 543 g/mol. The van der Waals surface area contributed by atoms with Crippen molar-refractivity contribution in [3.63, 3.8) is 0 Å². The zero-order valence-corrected chi connectivity index (χ0v) is 23.1. The Morgan fingerprint density at radius 3 is 2.29 bits per heavy atom. The van der Waals surface area contributed by atoms with Crippen molar-refractivity contribution < 1.29 is 18.0 Å². The lowest BCUT2D eigenvalue weighted by Crippen LogP contribution is -2.52. The summed E-state index contributed by atoms with van der Waals surface area (Å²) in [5, 5.41) is 3.55. The summed E-state index contributed by atoms with van der Waals surface area (Å²) in [7, 11) is -3.79. The maximum absolute atomic E-state index is 13.7. The number of hydrogen-bond acceptors (Lipinski definition) is 4. The molecule has 0 spiro atoms. The summed E-state index contributed by atoms with van der Waals surface area (Å²) in [6.45, 7) is 7.49. The van der Waals surface area contributed by atoms with E-state index in [1.165, 1.54) is 4.90 Å². The normalized spacial score (nSPS) is 12.2. The van der Waals surface area contributed by atoms with Crippen LogP contribution in [-0.4, -0.2) is 50.5 Å². The number of anilines is 1. The van der Waals surface area contributed by atoms with Gasteiger partial charge in [0, 0.05) is 13.1 Å². The molecule has 0 fully saturated rings. The van der Waals surface area contributed by atoms with Crippen molar-refractivity contribution in [2.75, 3.05) is 23.7 Å². The van der Waals surface area contributed by atoms with Crippen LogP contribution in [0.3, 0.4) is 0 Å². The van der Waals surface area contributed by atoms with E-state index in [4.69, 9.17) is 23.2 Å². The lowest BCUT2D eigenvalue weighted by Gasteiger charge is -2.33. The van der Waals surface area contributed by atoms with Gasteiger partial charge in [-0.3, -0.25) is 13.9 Å². The fourth-order valence-corrected chi connectivity index (χ4v) is 4.92. The number of sulfonamides is 1. The lowest BCUT2D eigenvalue weighted by molar-refractivity contribution is -0.140. The highest BCUT2D eigenvalue weighted by Gasteiger charge is 2.32. The van der Waals surface area contributed by atoms with Crippen molar-refractivity contribution in [1.29, 1.82) is 0 Å². The van der Waals surface area contributed by atoms with E-state index in [2.05, 4.69) is 5.32 Å². The van der Waals surface area contributed by atoms with Gasteiger partial charge in [0.1, 0.15) is 12.6 Å². The molecule has 0 aliphatic carbocycles. The Morgan fingerprint density at radius 2 is 1.71 bits per heavy atom. The number of halogens is 2. The van der Waals surface area contributed by atoms with Crippen LogP contribution in [0.1, 0.15) is 43.4 Å². The van der Waals surface area contributed by atoms with E-state index in [0.717, 1.165) is 28.1 Å². The van der Waals surface area contributed by atoms with Crippen molar-refractivity contribution in [2.24, 2.45) is 0 Å². The third-order valence-electron chi connectivity index (χ3n) is 5.58. The van der Waals surface area contributed by atoms with Crippen molar-refractivity contribution in [2.45, 2.75) is 53.1 Å². The fourth-order valence-electron chi connectivity index (χ4n) is 3.70. The van der Waals surface area contributed by atoms with Crippen molar-refractivity contribution in [3.8, 4) is 0 Å². The predicted molar refractivity (Wildman–Crippen MR) is 142 cm³/mol. The fraction of sp³-hybridized carbons (Fsp3) is 0.440. The summed E-state index contributed by atoms with van der Waals surface area (Å²) in [5.74, 6) is -0.790. The van der Waals surface area contributed by atoms with Gasteiger partial charge >= 0.3 is 0 Å². The van der Waals surface area contributed by atoms with Gasteiger partial charge in [0.2, 0.25) is 21.8 Å². The van der Waals surface area contributed by atoms with E-state index in [-0.39, 0.29) is 12.5 Å². The molecule has 2 rings (SSSR count).